The highest BCUT2D eigenvalue weighted by atomic mass is 32.2. The Labute approximate surface area is 103 Å². The third-order valence-corrected chi connectivity index (χ3v) is 4.04. The average Bonchev–Trinajstić information content (AvgIpc) is 2.65. The van der Waals surface area contributed by atoms with Crippen LogP contribution in [0.5, 0.6) is 0 Å². The maximum atomic E-state index is 11.9. The molecule has 3 unspecified atom stereocenters. The fourth-order valence-electron chi connectivity index (χ4n) is 1.99. The van der Waals surface area contributed by atoms with Gasteiger partial charge in [0.1, 0.15) is 0 Å². The first kappa shape index (κ1) is 13.8. The van der Waals surface area contributed by atoms with Gasteiger partial charge in [0.05, 0.1) is 6.04 Å². The van der Waals surface area contributed by atoms with Crippen LogP contribution in [0.25, 0.3) is 0 Å². The predicted octanol–water partition coefficient (Wildman–Crippen LogP) is 1.63. The van der Waals surface area contributed by atoms with E-state index in [1.807, 2.05) is 11.8 Å². The van der Waals surface area contributed by atoms with Crippen LogP contribution in [0.15, 0.2) is 0 Å². The van der Waals surface area contributed by atoms with Crippen LogP contribution < -0.4 is 10.6 Å². The lowest BCUT2D eigenvalue weighted by Gasteiger charge is -2.19. The van der Waals surface area contributed by atoms with Gasteiger partial charge in [0.25, 0.3) is 0 Å². The lowest BCUT2D eigenvalue weighted by atomic mass is 10.0. The second-order valence-corrected chi connectivity index (χ2v) is 5.99. The largest absolute Gasteiger partial charge is 0.352 e. The van der Waals surface area contributed by atoms with Crippen LogP contribution in [0.3, 0.4) is 0 Å². The minimum Gasteiger partial charge on any atom is -0.352 e. The maximum absolute atomic E-state index is 11.9. The Bertz CT molecular complexity index is 223. The van der Waals surface area contributed by atoms with Gasteiger partial charge in [-0.15, -0.1) is 0 Å². The molecular formula is C12H24N2OS. The molecule has 1 saturated heterocycles. The van der Waals surface area contributed by atoms with Gasteiger partial charge in [-0.1, -0.05) is 13.8 Å². The van der Waals surface area contributed by atoms with E-state index in [-0.39, 0.29) is 11.9 Å². The van der Waals surface area contributed by atoms with Gasteiger partial charge in [0, 0.05) is 6.04 Å². The van der Waals surface area contributed by atoms with Crippen LogP contribution in [0, 0.1) is 5.92 Å². The Kier molecular flexibility index (Phi) is 6.21. The summed E-state index contributed by atoms with van der Waals surface area (Å²) in [5.41, 5.74) is 0. The first-order valence-corrected chi connectivity index (χ1v) is 7.42. The van der Waals surface area contributed by atoms with E-state index in [1.54, 1.807) is 0 Å². The van der Waals surface area contributed by atoms with E-state index in [0.717, 1.165) is 30.9 Å². The van der Waals surface area contributed by atoms with E-state index in [4.69, 9.17) is 0 Å². The van der Waals surface area contributed by atoms with E-state index in [2.05, 4.69) is 31.4 Å². The summed E-state index contributed by atoms with van der Waals surface area (Å²) in [5.74, 6) is 2.93. The first-order chi connectivity index (χ1) is 7.65. The number of rotatable bonds is 6. The lowest BCUT2D eigenvalue weighted by molar-refractivity contribution is -0.124. The van der Waals surface area contributed by atoms with Crippen molar-refractivity contribution in [3.63, 3.8) is 0 Å². The Morgan fingerprint density at radius 1 is 1.62 bits per heavy atom. The second kappa shape index (κ2) is 7.17. The van der Waals surface area contributed by atoms with Crippen molar-refractivity contribution in [1.82, 2.24) is 10.6 Å². The molecule has 0 bridgehead atoms. The molecule has 16 heavy (non-hydrogen) atoms. The monoisotopic (exact) mass is 244 g/mol. The molecule has 4 heteroatoms. The van der Waals surface area contributed by atoms with Crippen LogP contribution in [0.1, 0.15) is 33.6 Å². The average molecular weight is 244 g/mol. The van der Waals surface area contributed by atoms with Crippen molar-refractivity contribution >= 4 is 17.7 Å². The van der Waals surface area contributed by atoms with E-state index < -0.39 is 0 Å². The van der Waals surface area contributed by atoms with Gasteiger partial charge in [-0.25, -0.2) is 0 Å². The van der Waals surface area contributed by atoms with E-state index in [1.165, 1.54) is 0 Å². The molecule has 0 aromatic heterocycles. The zero-order valence-corrected chi connectivity index (χ0v) is 11.4. The molecule has 0 aromatic carbocycles. The number of amides is 1. The summed E-state index contributed by atoms with van der Waals surface area (Å²) < 4.78 is 0. The molecular weight excluding hydrogens is 220 g/mol. The number of carbonyl (C=O) groups is 1. The predicted molar refractivity (Wildman–Crippen MR) is 70.8 cm³/mol. The number of thioether (sulfide) groups is 1. The number of hydrogen-bond acceptors (Lipinski definition) is 3. The minimum absolute atomic E-state index is 0.0290. The van der Waals surface area contributed by atoms with Crippen LogP contribution in [-0.4, -0.2) is 36.0 Å². The first-order valence-electron chi connectivity index (χ1n) is 6.26. The molecule has 0 aliphatic carbocycles. The van der Waals surface area contributed by atoms with Crippen LogP contribution >= 0.6 is 11.8 Å². The smallest absolute Gasteiger partial charge is 0.237 e. The van der Waals surface area contributed by atoms with Crippen molar-refractivity contribution < 1.29 is 4.79 Å². The second-order valence-electron chi connectivity index (χ2n) is 4.59. The molecule has 1 aliphatic heterocycles. The Balaban J connectivity index is 2.22. The normalized spacial score (nSPS) is 26.7. The molecule has 0 saturated carbocycles. The van der Waals surface area contributed by atoms with E-state index >= 15 is 0 Å². The third kappa shape index (κ3) is 4.34. The van der Waals surface area contributed by atoms with Gasteiger partial charge < -0.3 is 10.6 Å². The Morgan fingerprint density at radius 3 is 2.94 bits per heavy atom. The highest BCUT2D eigenvalue weighted by Gasteiger charge is 2.29. The van der Waals surface area contributed by atoms with Crippen molar-refractivity contribution in [2.75, 3.05) is 18.1 Å². The SMILES string of the molecule is CCSCCC(C)NC(=O)C1NCCC1C. The van der Waals surface area contributed by atoms with Crippen LogP contribution in [0.4, 0.5) is 0 Å². The molecule has 0 radical (unpaired) electrons. The van der Waals surface area contributed by atoms with Crippen molar-refractivity contribution in [2.24, 2.45) is 5.92 Å². The molecule has 0 spiro atoms. The zero-order valence-electron chi connectivity index (χ0n) is 10.6. The van der Waals surface area contributed by atoms with Crippen LogP contribution in [-0.2, 0) is 4.79 Å². The minimum atomic E-state index is 0.0290. The Morgan fingerprint density at radius 2 is 2.38 bits per heavy atom. The summed E-state index contributed by atoms with van der Waals surface area (Å²) in [6, 6.07) is 0.322. The summed E-state index contributed by atoms with van der Waals surface area (Å²) >= 11 is 1.93. The summed E-state index contributed by atoms with van der Waals surface area (Å²) in [4.78, 5) is 11.9. The summed E-state index contributed by atoms with van der Waals surface area (Å²) in [6.07, 6.45) is 2.17. The van der Waals surface area contributed by atoms with E-state index in [9.17, 15) is 4.79 Å². The standard InChI is InChI=1S/C12H24N2OS/c1-4-16-8-6-10(3)14-12(15)11-9(2)5-7-13-11/h9-11,13H,4-8H2,1-3H3,(H,14,15). The lowest BCUT2D eigenvalue weighted by Crippen LogP contribution is -2.46. The maximum Gasteiger partial charge on any atom is 0.237 e. The van der Waals surface area contributed by atoms with Crippen LogP contribution in [0.2, 0.25) is 0 Å². The Hall–Kier alpha value is -0.220. The van der Waals surface area contributed by atoms with Crippen molar-refractivity contribution in [3.05, 3.63) is 0 Å². The third-order valence-electron chi connectivity index (χ3n) is 3.10. The summed E-state index contributed by atoms with van der Waals surface area (Å²) in [6.45, 7) is 7.37. The van der Waals surface area contributed by atoms with Gasteiger partial charge in [-0.3, -0.25) is 4.79 Å². The number of hydrogen-bond donors (Lipinski definition) is 2. The number of nitrogens with one attached hydrogen (secondary N) is 2. The molecule has 0 aromatic rings. The van der Waals surface area contributed by atoms with E-state index in [0.29, 0.717) is 12.0 Å². The van der Waals surface area contributed by atoms with Gasteiger partial charge >= 0.3 is 0 Å². The quantitative estimate of drug-likeness (QED) is 0.698. The molecule has 94 valence electrons. The molecule has 1 fully saturated rings. The van der Waals surface area contributed by atoms with Crippen molar-refractivity contribution in [3.8, 4) is 0 Å². The van der Waals surface area contributed by atoms with Gasteiger partial charge in [-0.2, -0.15) is 11.8 Å². The van der Waals surface area contributed by atoms with Gasteiger partial charge in [0.2, 0.25) is 5.91 Å². The van der Waals surface area contributed by atoms with Gasteiger partial charge in [-0.05, 0) is 43.7 Å². The summed E-state index contributed by atoms with van der Waals surface area (Å²) in [7, 11) is 0. The van der Waals surface area contributed by atoms with Gasteiger partial charge in [0.15, 0.2) is 0 Å². The molecule has 3 nitrogen and oxygen atoms in total. The highest BCUT2D eigenvalue weighted by molar-refractivity contribution is 7.99. The van der Waals surface area contributed by atoms with Crippen molar-refractivity contribution in [1.29, 1.82) is 0 Å². The molecule has 1 aliphatic rings. The zero-order chi connectivity index (χ0) is 12.0. The topological polar surface area (TPSA) is 41.1 Å². The fraction of sp³-hybridized carbons (Fsp3) is 0.917. The molecule has 1 heterocycles. The summed E-state index contributed by atoms with van der Waals surface area (Å²) in [5, 5.41) is 6.36. The molecule has 3 atom stereocenters. The molecule has 1 rings (SSSR count). The highest BCUT2D eigenvalue weighted by Crippen LogP contribution is 2.14. The molecule has 1 amide bonds. The number of carbonyl (C=O) groups excluding carboxylic acids is 1. The van der Waals surface area contributed by atoms with Crippen molar-refractivity contribution in [2.45, 2.75) is 45.7 Å². The fourth-order valence-corrected chi connectivity index (χ4v) is 2.80. The molecule has 2 N–H and O–H groups in total.